The molecule has 0 aliphatic carbocycles. The highest BCUT2D eigenvalue weighted by atomic mass is 35.5. The van der Waals surface area contributed by atoms with Crippen LogP contribution in [0.15, 0.2) is 72.8 Å². The van der Waals surface area contributed by atoms with Gasteiger partial charge in [-0.05, 0) is 112 Å². The van der Waals surface area contributed by atoms with Crippen molar-refractivity contribution in [3.63, 3.8) is 0 Å². The van der Waals surface area contributed by atoms with Crippen LogP contribution in [-0.4, -0.2) is 50.4 Å². The van der Waals surface area contributed by atoms with E-state index in [1.807, 2.05) is 48.5 Å². The van der Waals surface area contributed by atoms with Crippen molar-refractivity contribution in [1.82, 2.24) is 15.3 Å². The molecule has 9 heteroatoms. The molecule has 3 N–H and O–H groups in total. The molecule has 51 heavy (non-hydrogen) atoms. The lowest BCUT2D eigenvalue weighted by atomic mass is 10.1. The molecule has 2 aromatic heterocycles. The van der Waals surface area contributed by atoms with Crippen LogP contribution in [-0.2, 0) is 0 Å². The molecule has 268 valence electrons. The summed E-state index contributed by atoms with van der Waals surface area (Å²) in [5.74, 6) is 1.66. The molecule has 7 nitrogen and oxygen atoms in total. The number of halogens is 2. The number of anilines is 2. The Morgan fingerprint density at radius 1 is 0.451 bits per heavy atom. The van der Waals surface area contributed by atoms with Gasteiger partial charge in [-0.25, -0.2) is 9.97 Å². The zero-order valence-corrected chi connectivity index (χ0v) is 31.3. The first kappa shape index (κ1) is 36.7. The van der Waals surface area contributed by atoms with E-state index in [4.69, 9.17) is 42.6 Å². The predicted molar refractivity (Wildman–Crippen MR) is 218 cm³/mol. The third-order valence-electron chi connectivity index (χ3n) is 9.55. The Balaban J connectivity index is 0.823. The lowest BCUT2D eigenvalue weighted by Crippen LogP contribution is -2.16. The van der Waals surface area contributed by atoms with Gasteiger partial charge in [-0.15, -0.1) is 0 Å². The summed E-state index contributed by atoms with van der Waals surface area (Å²) in [5.41, 5.74) is 5.89. The van der Waals surface area contributed by atoms with Gasteiger partial charge in [-0.3, -0.25) is 0 Å². The van der Waals surface area contributed by atoms with Crippen LogP contribution < -0.4 is 25.4 Å². The molecule has 0 radical (unpaired) electrons. The normalized spacial score (nSPS) is 11.5. The fourth-order valence-corrected chi connectivity index (χ4v) is 7.12. The lowest BCUT2D eigenvalue weighted by molar-refractivity contribution is 0.415. The summed E-state index contributed by atoms with van der Waals surface area (Å²) >= 11 is 12.6. The summed E-state index contributed by atoms with van der Waals surface area (Å²) in [6, 6.07) is 23.9. The summed E-state index contributed by atoms with van der Waals surface area (Å²) in [4.78, 5) is 9.67. The number of unbranched alkanes of at least 4 members (excludes halogenated alkanes) is 8. The van der Waals surface area contributed by atoms with E-state index in [1.54, 1.807) is 14.2 Å². The SMILES string of the molecule is COc1ccc2nc3cc(Cl)ccc3c(NCCCCCCCNCCCCCCCNc3c4ccc(Cl)cc4nc4ccc(OC)cc34)c2c1. The van der Waals surface area contributed by atoms with E-state index in [-0.39, 0.29) is 0 Å². The maximum atomic E-state index is 6.28. The van der Waals surface area contributed by atoms with Gasteiger partial charge in [0.25, 0.3) is 0 Å². The number of rotatable bonds is 20. The molecule has 0 bridgehead atoms. The number of hydrogen-bond donors (Lipinski definition) is 3. The number of nitrogens with one attached hydrogen (secondary N) is 3. The van der Waals surface area contributed by atoms with Crippen molar-refractivity contribution in [2.24, 2.45) is 0 Å². The van der Waals surface area contributed by atoms with E-state index in [0.717, 1.165) is 106 Å². The van der Waals surface area contributed by atoms with E-state index in [2.05, 4.69) is 40.2 Å². The second kappa shape index (κ2) is 18.5. The summed E-state index contributed by atoms with van der Waals surface area (Å²) in [7, 11) is 3.40. The summed E-state index contributed by atoms with van der Waals surface area (Å²) in [6.07, 6.45) is 12.2. The van der Waals surface area contributed by atoms with Gasteiger partial charge >= 0.3 is 0 Å². The van der Waals surface area contributed by atoms with Crippen molar-refractivity contribution in [1.29, 1.82) is 0 Å². The van der Waals surface area contributed by atoms with Crippen LogP contribution in [0, 0.1) is 0 Å². The Kier molecular flexibility index (Phi) is 13.3. The van der Waals surface area contributed by atoms with Gasteiger partial charge in [0.1, 0.15) is 11.5 Å². The minimum Gasteiger partial charge on any atom is -0.497 e. The van der Waals surface area contributed by atoms with Crippen molar-refractivity contribution in [2.45, 2.75) is 64.2 Å². The molecule has 0 fully saturated rings. The number of ether oxygens (including phenoxy) is 2. The lowest BCUT2D eigenvalue weighted by Gasteiger charge is -2.14. The maximum Gasteiger partial charge on any atom is 0.119 e. The quantitative estimate of drug-likeness (QED) is 0.0534. The Bertz CT molecular complexity index is 1920. The van der Waals surface area contributed by atoms with Crippen LogP contribution in [0.25, 0.3) is 43.6 Å². The van der Waals surface area contributed by atoms with Crippen molar-refractivity contribution in [2.75, 3.05) is 51.0 Å². The molecule has 0 aliphatic heterocycles. The monoisotopic (exact) mass is 725 g/mol. The number of hydrogen-bond acceptors (Lipinski definition) is 7. The molecular weight excluding hydrogens is 677 g/mol. The topological polar surface area (TPSA) is 80.3 Å². The van der Waals surface area contributed by atoms with Gasteiger partial charge in [0, 0.05) is 44.7 Å². The van der Waals surface area contributed by atoms with E-state index >= 15 is 0 Å². The molecule has 0 atom stereocenters. The smallest absolute Gasteiger partial charge is 0.119 e. The third kappa shape index (κ3) is 9.65. The molecule has 0 amide bonds. The molecule has 0 saturated carbocycles. The van der Waals surface area contributed by atoms with Crippen molar-refractivity contribution < 1.29 is 9.47 Å². The molecule has 0 spiro atoms. The first-order valence-corrected chi connectivity index (χ1v) is 19.1. The number of pyridine rings is 2. The number of nitrogens with zero attached hydrogens (tertiary/aromatic N) is 2. The first-order valence-electron chi connectivity index (χ1n) is 18.4. The van der Waals surface area contributed by atoms with Crippen LogP contribution in [0.4, 0.5) is 11.4 Å². The molecule has 0 aliphatic rings. The van der Waals surface area contributed by atoms with Crippen molar-refractivity contribution in [3.8, 4) is 11.5 Å². The summed E-state index contributed by atoms with van der Waals surface area (Å²) < 4.78 is 11.0. The molecular formula is C42H49Cl2N5O2. The van der Waals surface area contributed by atoms with Crippen molar-refractivity contribution in [3.05, 3.63) is 82.8 Å². The van der Waals surface area contributed by atoms with E-state index in [9.17, 15) is 0 Å². The highest BCUT2D eigenvalue weighted by molar-refractivity contribution is 6.32. The van der Waals surface area contributed by atoms with Crippen LogP contribution in [0.3, 0.4) is 0 Å². The van der Waals surface area contributed by atoms with Gasteiger partial charge in [-0.1, -0.05) is 61.7 Å². The zero-order chi connectivity index (χ0) is 35.4. The highest BCUT2D eigenvalue weighted by Crippen LogP contribution is 2.35. The number of benzene rings is 4. The van der Waals surface area contributed by atoms with Gasteiger partial charge in [0.15, 0.2) is 0 Å². The largest absolute Gasteiger partial charge is 0.497 e. The standard InChI is InChI=1S/C42H49Cl2N5O2/c1-50-31-15-19-37-35(27-31)41(33-17-13-29(43)25-39(33)48-37)46-23-11-7-3-5-9-21-45-22-10-6-4-8-12-24-47-42-34-18-14-30(44)26-40(34)49-38-20-16-32(51-2)28-36(38)42/h13-20,25-28,45H,3-12,21-24H2,1-2H3,(H,46,48)(H,47,49). The number of aromatic nitrogens is 2. The van der Waals surface area contributed by atoms with Crippen LogP contribution in [0.1, 0.15) is 64.2 Å². The Morgan fingerprint density at radius 2 is 0.863 bits per heavy atom. The second-order valence-electron chi connectivity index (χ2n) is 13.2. The Labute approximate surface area is 311 Å². The van der Waals surface area contributed by atoms with Crippen molar-refractivity contribution >= 4 is 78.2 Å². The minimum atomic E-state index is 0.697. The molecule has 6 aromatic rings. The van der Waals surface area contributed by atoms with E-state index in [0.29, 0.717) is 10.0 Å². The Morgan fingerprint density at radius 3 is 1.29 bits per heavy atom. The molecule has 4 aromatic carbocycles. The number of fused-ring (bicyclic) bond motifs is 4. The van der Waals surface area contributed by atoms with Gasteiger partial charge in [-0.2, -0.15) is 0 Å². The summed E-state index contributed by atoms with van der Waals surface area (Å²) in [5, 5.41) is 16.8. The predicted octanol–water partition coefficient (Wildman–Crippen LogP) is 11.4. The third-order valence-corrected chi connectivity index (χ3v) is 10.0. The summed E-state index contributed by atoms with van der Waals surface area (Å²) in [6.45, 7) is 4.05. The molecule has 0 saturated heterocycles. The van der Waals surface area contributed by atoms with Crippen LogP contribution in [0.2, 0.25) is 10.0 Å². The maximum absolute atomic E-state index is 6.28. The highest BCUT2D eigenvalue weighted by Gasteiger charge is 2.12. The van der Waals surface area contributed by atoms with Gasteiger partial charge < -0.3 is 25.4 Å². The zero-order valence-electron chi connectivity index (χ0n) is 29.8. The molecule has 6 rings (SSSR count). The average Bonchev–Trinajstić information content (AvgIpc) is 3.14. The van der Waals surface area contributed by atoms with E-state index < -0.39 is 0 Å². The first-order chi connectivity index (χ1) is 25.0. The van der Waals surface area contributed by atoms with Crippen LogP contribution >= 0.6 is 23.2 Å². The van der Waals surface area contributed by atoms with Crippen LogP contribution in [0.5, 0.6) is 11.5 Å². The van der Waals surface area contributed by atoms with Gasteiger partial charge in [0.2, 0.25) is 0 Å². The minimum absolute atomic E-state index is 0.697. The molecule has 0 unspecified atom stereocenters. The fraction of sp³-hybridized carbons (Fsp3) is 0.381. The fourth-order valence-electron chi connectivity index (χ4n) is 6.79. The number of methoxy groups -OCH3 is 2. The molecule has 2 heterocycles. The van der Waals surface area contributed by atoms with E-state index in [1.165, 1.54) is 51.4 Å². The Hall–Kier alpha value is -4.04. The average molecular weight is 727 g/mol. The second-order valence-corrected chi connectivity index (χ2v) is 14.1. The van der Waals surface area contributed by atoms with Gasteiger partial charge in [0.05, 0.1) is 47.7 Å².